The van der Waals surface area contributed by atoms with Gasteiger partial charge in [-0.05, 0) is 16.8 Å². The van der Waals surface area contributed by atoms with E-state index in [1.165, 1.54) is 0 Å². The first-order valence-electron chi connectivity index (χ1n) is 3.30. The Morgan fingerprint density at radius 3 is 3.00 bits per heavy atom. The predicted molar refractivity (Wildman–Crippen MR) is 41.2 cm³/mol. The maximum Gasteiger partial charge on any atom is 0.209 e. The number of aliphatic hydroxyl groups excluding tert-OH is 1. The summed E-state index contributed by atoms with van der Waals surface area (Å²) in [7, 11) is 1.79. The molecule has 0 atom stereocenters. The number of hydrogen-bond donors (Lipinski definition) is 1. The Morgan fingerprint density at radius 2 is 2.45 bits per heavy atom. The highest BCUT2D eigenvalue weighted by atomic mass is 32.2. The van der Waals surface area contributed by atoms with E-state index in [0.717, 1.165) is 17.3 Å². The molecule has 0 aromatic carbocycles. The third-order valence-electron chi connectivity index (χ3n) is 1.11. The Hall–Kier alpha value is -0.620. The third kappa shape index (κ3) is 2.47. The minimum absolute atomic E-state index is 0.221. The second-order valence-corrected chi connectivity index (χ2v) is 3.07. The maximum absolute atomic E-state index is 8.49. The van der Waals surface area contributed by atoms with Gasteiger partial charge < -0.3 is 5.11 Å². The molecule has 0 amide bonds. The molecule has 0 aliphatic heterocycles. The molecular formula is C5H10N4OS. The van der Waals surface area contributed by atoms with Gasteiger partial charge in [-0.1, -0.05) is 11.8 Å². The van der Waals surface area contributed by atoms with Gasteiger partial charge in [-0.2, -0.15) is 0 Å². The van der Waals surface area contributed by atoms with E-state index < -0.39 is 0 Å². The molecule has 0 radical (unpaired) electrons. The monoisotopic (exact) mass is 174 g/mol. The Morgan fingerprint density at radius 1 is 1.64 bits per heavy atom. The lowest BCUT2D eigenvalue weighted by molar-refractivity contribution is 0.296. The van der Waals surface area contributed by atoms with Crippen molar-refractivity contribution >= 4 is 11.8 Å². The molecule has 0 aliphatic carbocycles. The topological polar surface area (TPSA) is 63.8 Å². The smallest absolute Gasteiger partial charge is 0.209 e. The summed E-state index contributed by atoms with van der Waals surface area (Å²) >= 11 is 1.55. The molecule has 0 spiro atoms. The molecule has 1 aromatic rings. The van der Waals surface area contributed by atoms with Gasteiger partial charge in [-0.15, -0.1) is 5.10 Å². The maximum atomic E-state index is 8.49. The highest BCUT2D eigenvalue weighted by Crippen LogP contribution is 2.12. The van der Waals surface area contributed by atoms with Crippen molar-refractivity contribution in [3.63, 3.8) is 0 Å². The highest BCUT2D eigenvalue weighted by molar-refractivity contribution is 7.99. The zero-order valence-corrected chi connectivity index (χ0v) is 7.08. The van der Waals surface area contributed by atoms with E-state index in [0.29, 0.717) is 0 Å². The number of rotatable bonds is 4. The van der Waals surface area contributed by atoms with Crippen molar-refractivity contribution < 1.29 is 5.11 Å². The Kier molecular flexibility index (Phi) is 3.31. The largest absolute Gasteiger partial charge is 0.396 e. The Labute approximate surface area is 68.8 Å². The number of aryl methyl sites for hydroxylation is 1. The summed E-state index contributed by atoms with van der Waals surface area (Å²) < 4.78 is 1.61. The van der Waals surface area contributed by atoms with Crippen molar-refractivity contribution in [2.24, 2.45) is 7.05 Å². The zero-order chi connectivity index (χ0) is 8.10. The van der Waals surface area contributed by atoms with Crippen molar-refractivity contribution in [2.45, 2.75) is 11.6 Å². The van der Waals surface area contributed by atoms with Gasteiger partial charge >= 0.3 is 0 Å². The number of tetrazole rings is 1. The third-order valence-corrected chi connectivity index (χ3v) is 2.21. The summed E-state index contributed by atoms with van der Waals surface area (Å²) in [6, 6.07) is 0. The number of nitrogens with zero attached hydrogens (tertiary/aromatic N) is 4. The van der Waals surface area contributed by atoms with E-state index in [-0.39, 0.29) is 6.61 Å². The van der Waals surface area contributed by atoms with Gasteiger partial charge in [0, 0.05) is 19.4 Å². The summed E-state index contributed by atoms with van der Waals surface area (Å²) in [6.07, 6.45) is 0.775. The minimum atomic E-state index is 0.221. The molecule has 0 fully saturated rings. The molecule has 0 unspecified atom stereocenters. The number of aromatic nitrogens is 4. The fraction of sp³-hybridized carbons (Fsp3) is 0.800. The van der Waals surface area contributed by atoms with Gasteiger partial charge in [-0.3, -0.25) is 0 Å². The molecule has 0 bridgehead atoms. The van der Waals surface area contributed by atoms with Gasteiger partial charge in [0.25, 0.3) is 0 Å². The molecule has 62 valence electrons. The highest BCUT2D eigenvalue weighted by Gasteiger charge is 2.00. The van der Waals surface area contributed by atoms with Crippen LogP contribution in [-0.2, 0) is 7.05 Å². The molecular weight excluding hydrogens is 164 g/mol. The van der Waals surface area contributed by atoms with Crippen LogP contribution < -0.4 is 0 Å². The lowest BCUT2D eigenvalue weighted by Crippen LogP contribution is -1.94. The summed E-state index contributed by atoms with van der Waals surface area (Å²) in [5, 5.41) is 20.2. The van der Waals surface area contributed by atoms with Gasteiger partial charge in [0.15, 0.2) is 0 Å². The van der Waals surface area contributed by atoms with E-state index >= 15 is 0 Å². The van der Waals surface area contributed by atoms with Crippen LogP contribution in [0.2, 0.25) is 0 Å². The lowest BCUT2D eigenvalue weighted by Gasteiger charge is -1.95. The van der Waals surface area contributed by atoms with Crippen LogP contribution in [0.15, 0.2) is 5.16 Å². The second kappa shape index (κ2) is 4.30. The van der Waals surface area contributed by atoms with Gasteiger partial charge in [0.05, 0.1) is 0 Å². The van der Waals surface area contributed by atoms with Crippen molar-refractivity contribution in [3.8, 4) is 0 Å². The quantitative estimate of drug-likeness (QED) is 0.501. The lowest BCUT2D eigenvalue weighted by atomic mass is 10.5. The summed E-state index contributed by atoms with van der Waals surface area (Å²) in [6.45, 7) is 0.221. The molecule has 1 heterocycles. The van der Waals surface area contributed by atoms with Crippen LogP contribution in [0.25, 0.3) is 0 Å². The first-order valence-corrected chi connectivity index (χ1v) is 4.29. The van der Waals surface area contributed by atoms with E-state index in [2.05, 4.69) is 15.5 Å². The molecule has 1 aromatic heterocycles. The number of thioether (sulfide) groups is 1. The van der Waals surface area contributed by atoms with Crippen LogP contribution in [0.1, 0.15) is 6.42 Å². The van der Waals surface area contributed by atoms with Crippen molar-refractivity contribution in [1.82, 2.24) is 20.2 Å². The fourth-order valence-corrected chi connectivity index (χ4v) is 1.35. The average Bonchev–Trinajstić information content (AvgIpc) is 2.37. The molecule has 6 heteroatoms. The number of hydrogen-bond acceptors (Lipinski definition) is 5. The second-order valence-electron chi connectivity index (χ2n) is 2.01. The molecule has 0 saturated heterocycles. The van der Waals surface area contributed by atoms with Crippen LogP contribution in [0.3, 0.4) is 0 Å². The van der Waals surface area contributed by atoms with E-state index in [1.807, 2.05) is 0 Å². The van der Waals surface area contributed by atoms with Crippen molar-refractivity contribution in [3.05, 3.63) is 0 Å². The minimum Gasteiger partial charge on any atom is -0.396 e. The first kappa shape index (κ1) is 8.48. The molecule has 0 aliphatic rings. The van der Waals surface area contributed by atoms with Gasteiger partial charge in [-0.25, -0.2) is 4.68 Å². The summed E-state index contributed by atoms with van der Waals surface area (Å²) in [4.78, 5) is 0. The van der Waals surface area contributed by atoms with Gasteiger partial charge in [0.2, 0.25) is 5.16 Å². The van der Waals surface area contributed by atoms with Crippen molar-refractivity contribution in [2.75, 3.05) is 12.4 Å². The summed E-state index contributed by atoms with van der Waals surface area (Å²) in [5.74, 6) is 0.852. The number of aliphatic hydroxyl groups is 1. The predicted octanol–water partition coefficient (Wildman–Crippen LogP) is -0.315. The van der Waals surface area contributed by atoms with Crippen LogP contribution >= 0.6 is 11.8 Å². The Balaban J connectivity index is 2.32. The fourth-order valence-electron chi connectivity index (χ4n) is 0.572. The molecule has 5 nitrogen and oxygen atoms in total. The standard InChI is InChI=1S/C5H10N4OS/c1-9-5(6-7-8-9)11-4-2-3-10/h10H,2-4H2,1H3. The van der Waals surface area contributed by atoms with Crippen molar-refractivity contribution in [1.29, 1.82) is 0 Å². The van der Waals surface area contributed by atoms with Crippen LogP contribution in [0.5, 0.6) is 0 Å². The van der Waals surface area contributed by atoms with E-state index in [4.69, 9.17) is 5.11 Å². The molecule has 11 heavy (non-hydrogen) atoms. The van der Waals surface area contributed by atoms with Crippen LogP contribution in [-0.4, -0.2) is 37.7 Å². The first-order chi connectivity index (χ1) is 5.34. The van der Waals surface area contributed by atoms with E-state index in [9.17, 15) is 0 Å². The average molecular weight is 174 g/mol. The summed E-state index contributed by atoms with van der Waals surface area (Å²) in [5.41, 5.74) is 0. The normalized spacial score (nSPS) is 10.4. The van der Waals surface area contributed by atoms with Gasteiger partial charge in [0.1, 0.15) is 0 Å². The molecule has 1 rings (SSSR count). The molecule has 0 saturated carbocycles. The van der Waals surface area contributed by atoms with Crippen LogP contribution in [0.4, 0.5) is 0 Å². The van der Waals surface area contributed by atoms with E-state index in [1.54, 1.807) is 23.5 Å². The SMILES string of the molecule is Cn1nnnc1SCCCO. The van der Waals surface area contributed by atoms with Crippen LogP contribution in [0, 0.1) is 0 Å². The molecule has 1 N–H and O–H groups in total. The Bertz CT molecular complexity index is 214. The zero-order valence-electron chi connectivity index (χ0n) is 6.27.